The first-order valence-electron chi connectivity index (χ1n) is 5.48. The van der Waals surface area contributed by atoms with Gasteiger partial charge in [-0.3, -0.25) is 0 Å². The van der Waals surface area contributed by atoms with Crippen molar-refractivity contribution in [2.24, 2.45) is 0 Å². The first kappa shape index (κ1) is 9.81. The van der Waals surface area contributed by atoms with Gasteiger partial charge in [0.25, 0.3) is 0 Å². The minimum atomic E-state index is -0.284. The summed E-state index contributed by atoms with van der Waals surface area (Å²) < 4.78 is 5.44. The van der Waals surface area contributed by atoms with Crippen LogP contribution >= 0.6 is 0 Å². The molecule has 1 aromatic rings. The van der Waals surface area contributed by atoms with E-state index in [2.05, 4.69) is 0 Å². The molecular formula is C12H13NO3. The van der Waals surface area contributed by atoms with Crippen molar-refractivity contribution in [1.82, 2.24) is 5.06 Å². The molecule has 2 aliphatic rings. The molecule has 2 fully saturated rings. The molecule has 1 aromatic carbocycles. The van der Waals surface area contributed by atoms with Crippen LogP contribution in [0.3, 0.4) is 0 Å². The number of rotatable bonds is 2. The summed E-state index contributed by atoms with van der Waals surface area (Å²) in [6, 6.07) is 9.30. The van der Waals surface area contributed by atoms with Crippen molar-refractivity contribution in [1.29, 1.82) is 0 Å². The molecule has 0 N–H and O–H groups in total. The lowest BCUT2D eigenvalue weighted by atomic mass is 10.2. The number of hydrogen-bond donors (Lipinski definition) is 0. The molecule has 0 aromatic heterocycles. The van der Waals surface area contributed by atoms with Crippen molar-refractivity contribution in [3.05, 3.63) is 35.9 Å². The van der Waals surface area contributed by atoms with Gasteiger partial charge in [-0.1, -0.05) is 18.2 Å². The van der Waals surface area contributed by atoms with Gasteiger partial charge in [-0.25, -0.2) is 4.79 Å². The second-order valence-corrected chi connectivity index (χ2v) is 4.19. The van der Waals surface area contributed by atoms with Crippen molar-refractivity contribution in [3.63, 3.8) is 0 Å². The maximum Gasteiger partial charge on any atom is 0.357 e. The average Bonchev–Trinajstić information content (AvgIpc) is 2.92. The number of morpholine rings is 1. The van der Waals surface area contributed by atoms with Gasteiger partial charge in [0.1, 0.15) is 0 Å². The summed E-state index contributed by atoms with van der Waals surface area (Å²) >= 11 is 0. The van der Waals surface area contributed by atoms with E-state index in [0.29, 0.717) is 18.7 Å². The Hall–Kier alpha value is -1.39. The first-order chi connectivity index (χ1) is 7.83. The number of nitrogens with zero attached hydrogens (tertiary/aromatic N) is 1. The van der Waals surface area contributed by atoms with Crippen LogP contribution in [0.4, 0.5) is 0 Å². The molecule has 2 aliphatic heterocycles. The molecule has 84 valence electrons. The maximum atomic E-state index is 11.8. The molecule has 2 saturated heterocycles. The molecule has 0 amide bonds. The maximum absolute atomic E-state index is 11.8. The largest absolute Gasteiger partial charge is 0.375 e. The fourth-order valence-corrected chi connectivity index (χ4v) is 2.21. The molecule has 16 heavy (non-hydrogen) atoms. The van der Waals surface area contributed by atoms with Crippen LogP contribution < -0.4 is 0 Å². The molecule has 2 bridgehead atoms. The summed E-state index contributed by atoms with van der Waals surface area (Å²) in [5, 5.41) is 1.75. The van der Waals surface area contributed by atoms with E-state index < -0.39 is 0 Å². The summed E-state index contributed by atoms with van der Waals surface area (Å²) in [4.78, 5) is 17.1. The number of hydroxylamine groups is 2. The van der Waals surface area contributed by atoms with Crippen LogP contribution in [-0.2, 0) is 9.57 Å². The van der Waals surface area contributed by atoms with Gasteiger partial charge in [0.05, 0.1) is 30.9 Å². The Morgan fingerprint density at radius 3 is 2.81 bits per heavy atom. The third-order valence-electron chi connectivity index (χ3n) is 3.06. The quantitative estimate of drug-likeness (QED) is 0.750. The number of carbonyl (C=O) groups excluding carboxylic acids is 1. The van der Waals surface area contributed by atoms with E-state index in [4.69, 9.17) is 9.57 Å². The van der Waals surface area contributed by atoms with Gasteiger partial charge >= 0.3 is 5.97 Å². The van der Waals surface area contributed by atoms with Crippen LogP contribution in [0, 0.1) is 0 Å². The Bertz CT molecular complexity index is 393. The normalized spacial score (nSPS) is 28.2. The second-order valence-electron chi connectivity index (χ2n) is 4.19. The number of carbonyl (C=O) groups is 1. The zero-order valence-electron chi connectivity index (χ0n) is 8.83. The molecule has 4 heteroatoms. The molecule has 0 aliphatic carbocycles. The van der Waals surface area contributed by atoms with Crippen LogP contribution in [0.1, 0.15) is 16.8 Å². The van der Waals surface area contributed by atoms with Crippen LogP contribution in [0.15, 0.2) is 30.3 Å². The molecule has 4 nitrogen and oxygen atoms in total. The molecular weight excluding hydrogens is 206 g/mol. The zero-order valence-corrected chi connectivity index (χ0v) is 8.83. The van der Waals surface area contributed by atoms with Gasteiger partial charge < -0.3 is 9.57 Å². The highest BCUT2D eigenvalue weighted by Crippen LogP contribution is 2.28. The lowest BCUT2D eigenvalue weighted by Gasteiger charge is -2.24. The van der Waals surface area contributed by atoms with Crippen molar-refractivity contribution in [2.45, 2.75) is 18.6 Å². The van der Waals surface area contributed by atoms with E-state index in [-0.39, 0.29) is 18.1 Å². The van der Waals surface area contributed by atoms with Gasteiger partial charge in [-0.05, 0) is 18.6 Å². The van der Waals surface area contributed by atoms with Crippen LogP contribution in [0.5, 0.6) is 0 Å². The minimum Gasteiger partial charge on any atom is -0.375 e. The van der Waals surface area contributed by atoms with E-state index in [1.165, 1.54) is 0 Å². The van der Waals surface area contributed by atoms with E-state index in [1.807, 2.05) is 18.2 Å². The highest BCUT2D eigenvalue weighted by molar-refractivity contribution is 5.89. The Balaban J connectivity index is 1.65. The summed E-state index contributed by atoms with van der Waals surface area (Å²) in [5.74, 6) is -0.284. The SMILES string of the molecule is O=C(ON1C[C@@H]2C[C@H]1CO2)c1ccccc1. The van der Waals surface area contributed by atoms with Crippen molar-refractivity contribution in [2.75, 3.05) is 13.2 Å². The predicted octanol–water partition coefficient (Wildman–Crippen LogP) is 1.23. The third-order valence-corrected chi connectivity index (χ3v) is 3.06. The molecule has 3 rings (SSSR count). The summed E-state index contributed by atoms with van der Waals surface area (Å²) in [6.07, 6.45) is 1.22. The van der Waals surface area contributed by atoms with Gasteiger partial charge in [0.15, 0.2) is 0 Å². The van der Waals surface area contributed by atoms with Crippen molar-refractivity contribution >= 4 is 5.97 Å². The molecule has 2 atom stereocenters. The van der Waals surface area contributed by atoms with E-state index in [0.717, 1.165) is 6.42 Å². The Morgan fingerprint density at radius 2 is 2.19 bits per heavy atom. The number of hydrogen-bond acceptors (Lipinski definition) is 4. The summed E-state index contributed by atoms with van der Waals surface area (Å²) in [6.45, 7) is 1.37. The fraction of sp³-hybridized carbons (Fsp3) is 0.417. The van der Waals surface area contributed by atoms with Crippen LogP contribution in [0.2, 0.25) is 0 Å². The minimum absolute atomic E-state index is 0.244. The van der Waals surface area contributed by atoms with E-state index >= 15 is 0 Å². The first-order valence-corrected chi connectivity index (χ1v) is 5.48. The molecule has 0 spiro atoms. The molecule has 0 saturated carbocycles. The number of benzene rings is 1. The monoisotopic (exact) mass is 219 g/mol. The number of fused-ring (bicyclic) bond motifs is 2. The lowest BCUT2D eigenvalue weighted by Crippen LogP contribution is -2.38. The summed E-state index contributed by atoms with van der Waals surface area (Å²) in [7, 11) is 0. The predicted molar refractivity (Wildman–Crippen MR) is 56.7 cm³/mol. The Morgan fingerprint density at radius 1 is 1.38 bits per heavy atom. The van der Waals surface area contributed by atoms with Gasteiger partial charge in [-0.15, -0.1) is 5.06 Å². The van der Waals surface area contributed by atoms with Gasteiger partial charge in [0.2, 0.25) is 0 Å². The topological polar surface area (TPSA) is 38.8 Å². The third kappa shape index (κ3) is 1.70. The van der Waals surface area contributed by atoms with Crippen molar-refractivity contribution in [3.8, 4) is 0 Å². The Labute approximate surface area is 93.7 Å². The van der Waals surface area contributed by atoms with Gasteiger partial charge in [0, 0.05) is 0 Å². The highest BCUT2D eigenvalue weighted by Gasteiger charge is 2.41. The smallest absolute Gasteiger partial charge is 0.357 e. The van der Waals surface area contributed by atoms with E-state index in [9.17, 15) is 4.79 Å². The molecule has 0 radical (unpaired) electrons. The zero-order chi connectivity index (χ0) is 11.0. The van der Waals surface area contributed by atoms with Crippen LogP contribution in [-0.4, -0.2) is 36.3 Å². The van der Waals surface area contributed by atoms with Gasteiger partial charge in [-0.2, -0.15) is 0 Å². The standard InChI is InChI=1S/C12H13NO3/c14-12(9-4-2-1-3-5-9)16-13-7-11-6-10(13)8-15-11/h1-5,10-11H,6-8H2/t10-,11-/m0/s1. The molecule has 2 heterocycles. The van der Waals surface area contributed by atoms with Crippen molar-refractivity contribution < 1.29 is 14.4 Å². The lowest BCUT2D eigenvalue weighted by molar-refractivity contribution is -0.154. The fourth-order valence-electron chi connectivity index (χ4n) is 2.21. The van der Waals surface area contributed by atoms with Crippen LogP contribution in [0.25, 0.3) is 0 Å². The second kappa shape index (κ2) is 3.88. The Kier molecular flexibility index (Phi) is 2.38. The average molecular weight is 219 g/mol. The van der Waals surface area contributed by atoms with E-state index in [1.54, 1.807) is 17.2 Å². The highest BCUT2D eigenvalue weighted by atomic mass is 16.7. The number of ether oxygens (including phenoxy) is 1. The molecule has 0 unspecified atom stereocenters. The summed E-state index contributed by atoms with van der Waals surface area (Å²) in [5.41, 5.74) is 0.589.